The standard InChI is InChI=1S/C15H19NO5/c1-20-12-4-3-10(7-13(12)21-2)5-6-16-9-11(15(18)19)8-14(16)17/h3-4,7,11H,5-6,8-9H2,1-2H3,(H,18,19)/p-1/t11-/m1/s1. The summed E-state index contributed by atoms with van der Waals surface area (Å²) in [6.45, 7) is 0.715. The second kappa shape index (κ2) is 6.47. The average Bonchev–Trinajstić information content (AvgIpc) is 2.86. The number of rotatable bonds is 6. The molecule has 1 aromatic carbocycles. The van der Waals surface area contributed by atoms with Crippen LogP contribution in [-0.4, -0.2) is 44.1 Å². The highest BCUT2D eigenvalue weighted by atomic mass is 16.5. The number of benzene rings is 1. The molecule has 1 atom stereocenters. The van der Waals surface area contributed by atoms with E-state index in [2.05, 4.69) is 0 Å². The number of hydrogen-bond acceptors (Lipinski definition) is 5. The molecule has 0 aliphatic carbocycles. The quantitative estimate of drug-likeness (QED) is 0.728. The van der Waals surface area contributed by atoms with Gasteiger partial charge in [0.2, 0.25) is 5.91 Å². The van der Waals surface area contributed by atoms with E-state index >= 15 is 0 Å². The molecule has 0 aromatic heterocycles. The zero-order valence-electron chi connectivity index (χ0n) is 12.1. The van der Waals surface area contributed by atoms with E-state index in [1.54, 1.807) is 19.1 Å². The first-order chi connectivity index (χ1) is 10.0. The van der Waals surface area contributed by atoms with Crippen molar-refractivity contribution in [2.24, 2.45) is 5.92 Å². The van der Waals surface area contributed by atoms with Gasteiger partial charge in [-0.05, 0) is 24.1 Å². The first-order valence-corrected chi connectivity index (χ1v) is 6.74. The normalized spacial score (nSPS) is 17.9. The van der Waals surface area contributed by atoms with Crippen molar-refractivity contribution in [2.75, 3.05) is 27.3 Å². The van der Waals surface area contributed by atoms with E-state index in [9.17, 15) is 14.7 Å². The Bertz CT molecular complexity index is 543. The summed E-state index contributed by atoms with van der Waals surface area (Å²) in [5.41, 5.74) is 0.998. The minimum absolute atomic E-state index is 0.0360. The molecular weight excluding hydrogens is 274 g/mol. The molecule has 1 aliphatic heterocycles. The summed E-state index contributed by atoms with van der Waals surface area (Å²) in [7, 11) is 3.14. The van der Waals surface area contributed by atoms with Crippen LogP contribution in [0, 0.1) is 5.92 Å². The van der Waals surface area contributed by atoms with Crippen LogP contribution in [0.3, 0.4) is 0 Å². The van der Waals surface area contributed by atoms with Gasteiger partial charge in [0.1, 0.15) is 0 Å². The van der Waals surface area contributed by atoms with Crippen LogP contribution in [0.1, 0.15) is 12.0 Å². The zero-order valence-corrected chi connectivity index (χ0v) is 12.1. The van der Waals surface area contributed by atoms with Gasteiger partial charge in [-0.25, -0.2) is 0 Å². The molecule has 1 heterocycles. The highest BCUT2D eigenvalue weighted by molar-refractivity contribution is 5.85. The Labute approximate surface area is 123 Å². The van der Waals surface area contributed by atoms with E-state index < -0.39 is 11.9 Å². The van der Waals surface area contributed by atoms with E-state index in [0.717, 1.165) is 5.56 Å². The van der Waals surface area contributed by atoms with Crippen molar-refractivity contribution in [1.29, 1.82) is 0 Å². The number of hydrogen-bond donors (Lipinski definition) is 0. The van der Waals surface area contributed by atoms with Crippen LogP contribution >= 0.6 is 0 Å². The van der Waals surface area contributed by atoms with E-state index in [0.29, 0.717) is 24.5 Å². The van der Waals surface area contributed by atoms with Crippen LogP contribution < -0.4 is 14.6 Å². The monoisotopic (exact) mass is 292 g/mol. The van der Waals surface area contributed by atoms with Gasteiger partial charge in [0.25, 0.3) is 0 Å². The summed E-state index contributed by atoms with van der Waals surface area (Å²) in [5.74, 6) is -0.699. The lowest BCUT2D eigenvalue weighted by molar-refractivity contribution is -0.311. The van der Waals surface area contributed by atoms with E-state index in [1.807, 2.05) is 18.2 Å². The Hall–Kier alpha value is -2.24. The number of nitrogens with zero attached hydrogens (tertiary/aromatic N) is 1. The van der Waals surface area contributed by atoms with Crippen molar-refractivity contribution in [3.8, 4) is 11.5 Å². The molecular formula is C15H18NO5-. The van der Waals surface area contributed by atoms with Gasteiger partial charge in [-0.15, -0.1) is 0 Å². The number of carbonyl (C=O) groups excluding carboxylic acids is 2. The zero-order chi connectivity index (χ0) is 15.4. The minimum atomic E-state index is -1.16. The molecule has 0 unspecified atom stereocenters. The van der Waals surface area contributed by atoms with Crippen LogP contribution in [0.2, 0.25) is 0 Å². The van der Waals surface area contributed by atoms with Crippen LogP contribution in [0.25, 0.3) is 0 Å². The van der Waals surface area contributed by atoms with Gasteiger partial charge in [0.15, 0.2) is 11.5 Å². The number of ether oxygens (including phenoxy) is 2. The van der Waals surface area contributed by atoms with Gasteiger partial charge in [-0.2, -0.15) is 0 Å². The summed E-state index contributed by atoms with van der Waals surface area (Å²) < 4.78 is 10.4. The smallest absolute Gasteiger partial charge is 0.223 e. The molecule has 1 aliphatic rings. The second-order valence-corrected chi connectivity index (χ2v) is 5.00. The summed E-state index contributed by atoms with van der Waals surface area (Å²) in [5, 5.41) is 10.8. The maximum absolute atomic E-state index is 11.7. The molecule has 0 saturated carbocycles. The second-order valence-electron chi connectivity index (χ2n) is 5.00. The molecule has 6 nitrogen and oxygen atoms in total. The number of methoxy groups -OCH3 is 2. The fraction of sp³-hybridized carbons (Fsp3) is 0.467. The molecule has 0 N–H and O–H groups in total. The molecule has 2 rings (SSSR count). The number of aliphatic carboxylic acids is 1. The van der Waals surface area contributed by atoms with Gasteiger partial charge in [-0.3, -0.25) is 4.79 Å². The first-order valence-electron chi connectivity index (χ1n) is 6.74. The predicted octanol–water partition coefficient (Wildman–Crippen LogP) is -0.155. The largest absolute Gasteiger partial charge is 0.550 e. The number of carboxylic acid groups (broad SMARTS) is 1. The highest BCUT2D eigenvalue weighted by Gasteiger charge is 2.29. The third-order valence-electron chi connectivity index (χ3n) is 3.67. The summed E-state index contributed by atoms with van der Waals surface area (Å²) in [6.07, 6.45) is 0.667. The Morgan fingerprint density at radius 1 is 1.33 bits per heavy atom. The van der Waals surface area contributed by atoms with Gasteiger partial charge >= 0.3 is 0 Å². The van der Waals surface area contributed by atoms with Gasteiger partial charge < -0.3 is 24.3 Å². The molecule has 1 saturated heterocycles. The first kappa shape index (κ1) is 15.2. The summed E-state index contributed by atoms with van der Waals surface area (Å²) in [4.78, 5) is 24.1. The average molecular weight is 292 g/mol. The lowest BCUT2D eigenvalue weighted by Gasteiger charge is -2.17. The lowest BCUT2D eigenvalue weighted by atomic mass is 10.1. The Morgan fingerprint density at radius 2 is 2.05 bits per heavy atom. The Kier molecular flexibility index (Phi) is 4.67. The molecule has 0 spiro atoms. The van der Waals surface area contributed by atoms with Crippen LogP contribution in [0.15, 0.2) is 18.2 Å². The van der Waals surface area contributed by atoms with Crippen molar-refractivity contribution in [3.63, 3.8) is 0 Å². The number of likely N-dealkylation sites (tertiary alicyclic amines) is 1. The molecule has 1 fully saturated rings. The highest BCUT2D eigenvalue weighted by Crippen LogP contribution is 2.28. The topological polar surface area (TPSA) is 78.9 Å². The van der Waals surface area contributed by atoms with E-state index in [1.165, 1.54) is 0 Å². The molecule has 1 aromatic rings. The van der Waals surface area contributed by atoms with Crippen molar-refractivity contribution in [1.82, 2.24) is 4.90 Å². The van der Waals surface area contributed by atoms with E-state index in [-0.39, 0.29) is 18.9 Å². The molecule has 0 radical (unpaired) electrons. The summed E-state index contributed by atoms with van der Waals surface area (Å²) >= 11 is 0. The van der Waals surface area contributed by atoms with Crippen molar-refractivity contribution in [3.05, 3.63) is 23.8 Å². The maximum atomic E-state index is 11.7. The fourth-order valence-electron chi connectivity index (χ4n) is 2.45. The number of amides is 1. The van der Waals surface area contributed by atoms with Crippen molar-refractivity contribution < 1.29 is 24.2 Å². The maximum Gasteiger partial charge on any atom is 0.223 e. The molecule has 114 valence electrons. The van der Waals surface area contributed by atoms with Crippen LogP contribution in [0.4, 0.5) is 0 Å². The Morgan fingerprint density at radius 3 is 2.62 bits per heavy atom. The van der Waals surface area contributed by atoms with Crippen molar-refractivity contribution in [2.45, 2.75) is 12.8 Å². The molecule has 1 amide bonds. The third kappa shape index (κ3) is 3.45. The number of carboxylic acids is 1. The number of carbonyl (C=O) groups is 2. The van der Waals surface area contributed by atoms with Gasteiger partial charge in [-0.1, -0.05) is 6.07 Å². The third-order valence-corrected chi connectivity index (χ3v) is 3.67. The van der Waals surface area contributed by atoms with Gasteiger partial charge in [0.05, 0.1) is 14.2 Å². The summed E-state index contributed by atoms with van der Waals surface area (Å²) in [6, 6.07) is 5.57. The predicted molar refractivity (Wildman–Crippen MR) is 72.9 cm³/mol. The fourth-order valence-corrected chi connectivity index (χ4v) is 2.45. The molecule has 21 heavy (non-hydrogen) atoms. The minimum Gasteiger partial charge on any atom is -0.550 e. The van der Waals surface area contributed by atoms with Crippen molar-refractivity contribution >= 4 is 11.9 Å². The molecule has 0 bridgehead atoms. The SMILES string of the molecule is COc1ccc(CCN2C[C@H](C(=O)[O-])CC2=O)cc1OC. The van der Waals surface area contributed by atoms with Gasteiger partial charge in [0, 0.05) is 31.4 Å². The molecule has 6 heteroatoms. The van der Waals surface area contributed by atoms with E-state index in [4.69, 9.17) is 9.47 Å². The van der Waals surface area contributed by atoms with Crippen LogP contribution in [-0.2, 0) is 16.0 Å². The lowest BCUT2D eigenvalue weighted by Crippen LogP contribution is -2.34. The Balaban J connectivity index is 1.97. The van der Waals surface area contributed by atoms with Crippen LogP contribution in [0.5, 0.6) is 11.5 Å².